The van der Waals surface area contributed by atoms with Crippen LogP contribution in [0, 0.1) is 40.9 Å². The summed E-state index contributed by atoms with van der Waals surface area (Å²) in [5.41, 5.74) is 0.478. The van der Waals surface area contributed by atoms with Crippen molar-refractivity contribution < 1.29 is 28.9 Å². The maximum atomic E-state index is 11.5. The SMILES string of the molecule is CC(C)(C)C.CC(C)C1CCC(C)(O)CC1.CC(C)CC(=O)N1CCOCC1.CC(C)CC1CCOCC1.CC(C)CN1CCOCC1.CC(C)N1CCNC(=O)C1.CN(C)C(C)(C)C. The van der Waals surface area contributed by atoms with E-state index in [0.29, 0.717) is 49.1 Å². The highest BCUT2D eigenvalue weighted by Gasteiger charge is 2.29. The first kappa shape index (κ1) is 65.7. The zero-order valence-corrected chi connectivity index (χ0v) is 46.9. The lowest BCUT2D eigenvalue weighted by Crippen LogP contribution is -2.50. The van der Waals surface area contributed by atoms with E-state index in [1.165, 1.54) is 38.6 Å². The van der Waals surface area contributed by atoms with Gasteiger partial charge in [0.2, 0.25) is 11.8 Å². The number of piperazine rings is 1. The lowest BCUT2D eigenvalue weighted by atomic mass is 9.75. The van der Waals surface area contributed by atoms with Crippen molar-refractivity contribution in [2.45, 2.75) is 193 Å². The van der Waals surface area contributed by atoms with Gasteiger partial charge in [-0.1, -0.05) is 83.1 Å². The summed E-state index contributed by atoms with van der Waals surface area (Å²) in [5.74, 6) is 5.14. The van der Waals surface area contributed by atoms with Crippen molar-refractivity contribution in [3.63, 3.8) is 0 Å². The van der Waals surface area contributed by atoms with E-state index >= 15 is 0 Å². The molecule has 5 aliphatic rings. The Balaban J connectivity index is 0. The van der Waals surface area contributed by atoms with Gasteiger partial charge in [-0.15, -0.1) is 0 Å². The van der Waals surface area contributed by atoms with Gasteiger partial charge < -0.3 is 34.4 Å². The summed E-state index contributed by atoms with van der Waals surface area (Å²) < 4.78 is 15.7. The van der Waals surface area contributed by atoms with E-state index in [1.54, 1.807) is 0 Å². The Morgan fingerprint density at radius 2 is 1.17 bits per heavy atom. The van der Waals surface area contributed by atoms with E-state index in [4.69, 9.17) is 14.2 Å². The number of nitrogens with zero attached hydrogens (tertiary/aromatic N) is 4. The largest absolute Gasteiger partial charge is 0.390 e. The molecule has 2 amide bonds. The zero-order valence-electron chi connectivity index (χ0n) is 46.9. The molecular formula is C54H113N5O6. The van der Waals surface area contributed by atoms with Crippen molar-refractivity contribution in [1.82, 2.24) is 24.9 Å². The maximum absolute atomic E-state index is 11.5. The molecule has 2 N–H and O–H groups in total. The van der Waals surface area contributed by atoms with E-state index in [-0.39, 0.29) is 17.4 Å². The first-order valence-corrected chi connectivity index (χ1v) is 26.1. The number of nitrogens with one attached hydrogen (secondary N) is 1. The van der Waals surface area contributed by atoms with Gasteiger partial charge in [-0.3, -0.25) is 19.4 Å². The zero-order chi connectivity index (χ0) is 50.4. The monoisotopic (exact) mass is 928 g/mol. The number of hydrogen-bond acceptors (Lipinski definition) is 9. The molecule has 11 nitrogen and oxygen atoms in total. The third-order valence-corrected chi connectivity index (χ3v) is 12.0. The molecule has 5 fully saturated rings. The Kier molecular flexibility index (Phi) is 36.1. The highest BCUT2D eigenvalue weighted by atomic mass is 16.5. The minimum absolute atomic E-state index is 0.153. The number of ether oxygens (including phenoxy) is 3. The van der Waals surface area contributed by atoms with Gasteiger partial charge in [0.15, 0.2) is 0 Å². The van der Waals surface area contributed by atoms with Gasteiger partial charge >= 0.3 is 0 Å². The van der Waals surface area contributed by atoms with Gasteiger partial charge in [0.05, 0.1) is 38.6 Å². The van der Waals surface area contributed by atoms with Crippen molar-refractivity contribution in [3.8, 4) is 0 Å². The molecule has 0 aromatic rings. The van der Waals surface area contributed by atoms with Crippen molar-refractivity contribution in [2.24, 2.45) is 40.9 Å². The number of aliphatic hydroxyl groups is 1. The summed E-state index contributed by atoms with van der Waals surface area (Å²) in [4.78, 5) is 31.0. The van der Waals surface area contributed by atoms with E-state index in [9.17, 15) is 14.7 Å². The number of carbonyl (C=O) groups excluding carboxylic acids is 2. The minimum atomic E-state index is -0.356. The fourth-order valence-electron chi connectivity index (χ4n) is 7.27. The van der Waals surface area contributed by atoms with Crippen LogP contribution in [0.4, 0.5) is 0 Å². The summed E-state index contributed by atoms with van der Waals surface area (Å²) in [7, 11) is 4.17. The number of carbonyl (C=O) groups is 2. The van der Waals surface area contributed by atoms with Gasteiger partial charge in [0.25, 0.3) is 0 Å². The third-order valence-electron chi connectivity index (χ3n) is 12.0. The predicted molar refractivity (Wildman–Crippen MR) is 278 cm³/mol. The second kappa shape index (κ2) is 35.7. The Morgan fingerprint density at radius 3 is 1.52 bits per heavy atom. The fourth-order valence-corrected chi connectivity index (χ4v) is 7.27. The second-order valence-electron chi connectivity index (χ2n) is 24.1. The smallest absolute Gasteiger partial charge is 0.234 e. The van der Waals surface area contributed by atoms with Gasteiger partial charge in [0, 0.05) is 77.0 Å². The van der Waals surface area contributed by atoms with E-state index in [2.05, 4.69) is 152 Å². The summed E-state index contributed by atoms with van der Waals surface area (Å²) in [6.07, 6.45) is 9.06. The molecule has 5 rings (SSSR count). The van der Waals surface area contributed by atoms with Crippen LogP contribution in [0.2, 0.25) is 0 Å². The summed E-state index contributed by atoms with van der Waals surface area (Å²) >= 11 is 0. The van der Waals surface area contributed by atoms with Crippen LogP contribution in [-0.2, 0) is 23.8 Å². The number of rotatable bonds is 8. The van der Waals surface area contributed by atoms with Gasteiger partial charge in [-0.05, 0) is 142 Å². The number of morpholine rings is 2. The lowest BCUT2D eigenvalue weighted by molar-refractivity contribution is -0.136. The van der Waals surface area contributed by atoms with Crippen LogP contribution in [0.5, 0.6) is 0 Å². The fraction of sp³-hybridized carbons (Fsp3) is 0.963. The maximum Gasteiger partial charge on any atom is 0.234 e. The minimum Gasteiger partial charge on any atom is -0.390 e. The summed E-state index contributed by atoms with van der Waals surface area (Å²) in [6, 6.07) is 0.492. The van der Waals surface area contributed by atoms with Crippen LogP contribution in [0.15, 0.2) is 0 Å². The van der Waals surface area contributed by atoms with Gasteiger partial charge in [-0.25, -0.2) is 0 Å². The first-order chi connectivity index (χ1) is 29.9. The average molecular weight is 929 g/mol. The van der Waals surface area contributed by atoms with Gasteiger partial charge in [0.1, 0.15) is 0 Å². The molecule has 0 bridgehead atoms. The lowest BCUT2D eigenvalue weighted by Gasteiger charge is -2.34. The molecular weight excluding hydrogens is 815 g/mol. The van der Waals surface area contributed by atoms with Crippen molar-refractivity contribution in [2.75, 3.05) is 106 Å². The molecule has 390 valence electrons. The predicted octanol–water partition coefficient (Wildman–Crippen LogP) is 10.1. The molecule has 65 heavy (non-hydrogen) atoms. The molecule has 1 saturated carbocycles. The van der Waals surface area contributed by atoms with Gasteiger partial charge in [-0.2, -0.15) is 0 Å². The highest BCUT2D eigenvalue weighted by molar-refractivity contribution is 5.78. The van der Waals surface area contributed by atoms with Crippen LogP contribution in [0.3, 0.4) is 0 Å². The molecule has 0 unspecified atom stereocenters. The van der Waals surface area contributed by atoms with Crippen molar-refractivity contribution in [1.29, 1.82) is 0 Å². The summed E-state index contributed by atoms with van der Waals surface area (Å²) in [5, 5.41) is 12.5. The molecule has 0 aromatic carbocycles. The highest BCUT2D eigenvalue weighted by Crippen LogP contribution is 2.35. The standard InChI is InChI=1S/C10H20O.C9H17NO2.C9H18O.C8H17NO.C7H14N2O.C6H15N.C5H12/c1-8(2)9-4-6-10(3,11)7-5-9;1-8(2)7-9(11)10-3-5-12-6-4-10;2*1-8(2)7-9-3-5-10-6-4-9;1-6(2)9-4-3-8-7(10)5-9;1-6(2,3)7(4)5;1-5(2,3)4/h8-9,11H,4-7H2,1-3H3;8H,3-7H2,1-2H3;8-9H,3-7H2,1-2H3;8H,3-7H2,1-2H3;6H,3-5H2,1-2H3,(H,8,10);1-5H3;1-4H3. The number of amides is 2. The molecule has 1 aliphatic carbocycles. The third kappa shape index (κ3) is 41.4. The normalized spacial score (nSPS) is 22.4. The average Bonchev–Trinajstić information content (AvgIpc) is 3.18. The molecule has 4 heterocycles. The Bertz CT molecular complexity index is 1110. The molecule has 0 atom stereocenters. The Hall–Kier alpha value is -1.34. The molecule has 0 radical (unpaired) electrons. The van der Waals surface area contributed by atoms with E-state index < -0.39 is 0 Å². The van der Waals surface area contributed by atoms with Crippen LogP contribution in [-0.4, -0.2) is 160 Å². The summed E-state index contributed by atoms with van der Waals surface area (Å²) in [6.45, 7) is 51.9. The van der Waals surface area contributed by atoms with Crippen LogP contribution >= 0.6 is 0 Å². The molecule has 11 heteroatoms. The van der Waals surface area contributed by atoms with Crippen LogP contribution < -0.4 is 5.32 Å². The quantitative estimate of drug-likeness (QED) is 0.246. The topological polar surface area (TPSA) is 107 Å². The Labute approximate surface area is 404 Å². The number of hydrogen-bond donors (Lipinski definition) is 2. The first-order valence-electron chi connectivity index (χ1n) is 26.1. The van der Waals surface area contributed by atoms with Crippen LogP contribution in [0.1, 0.15) is 176 Å². The molecule has 0 aromatic heterocycles. The molecule has 0 spiro atoms. The Morgan fingerprint density at radius 1 is 0.723 bits per heavy atom. The molecule has 4 saturated heterocycles. The van der Waals surface area contributed by atoms with E-state index in [1.807, 2.05) is 11.8 Å². The van der Waals surface area contributed by atoms with Crippen LogP contribution in [0.25, 0.3) is 0 Å². The molecule has 4 aliphatic heterocycles. The van der Waals surface area contributed by atoms with Crippen molar-refractivity contribution >= 4 is 11.8 Å². The van der Waals surface area contributed by atoms with Crippen molar-refractivity contribution in [3.05, 3.63) is 0 Å². The second-order valence-corrected chi connectivity index (χ2v) is 24.1. The van der Waals surface area contributed by atoms with E-state index in [0.717, 1.165) is 108 Å².